The van der Waals surface area contributed by atoms with Crippen molar-refractivity contribution in [1.29, 1.82) is 0 Å². The summed E-state index contributed by atoms with van der Waals surface area (Å²) in [4.78, 5) is 23.4. The molecule has 2 aromatic rings. The Morgan fingerprint density at radius 2 is 2.05 bits per heavy atom. The highest BCUT2D eigenvalue weighted by Crippen LogP contribution is 2.08. The van der Waals surface area contributed by atoms with E-state index in [4.69, 9.17) is 5.73 Å². The van der Waals surface area contributed by atoms with E-state index in [2.05, 4.69) is 10.4 Å². The van der Waals surface area contributed by atoms with E-state index < -0.39 is 17.7 Å². The molecule has 6 nitrogen and oxygen atoms in total. The molecule has 0 bridgehead atoms. The van der Waals surface area contributed by atoms with E-state index in [1.54, 1.807) is 10.9 Å². The van der Waals surface area contributed by atoms with Gasteiger partial charge in [-0.2, -0.15) is 5.10 Å². The minimum atomic E-state index is -0.716. The Balaban J connectivity index is 1.89. The van der Waals surface area contributed by atoms with Crippen LogP contribution in [0.15, 0.2) is 42.7 Å². The van der Waals surface area contributed by atoms with Crippen LogP contribution in [0.1, 0.15) is 25.3 Å². The monoisotopic (exact) mass is 300 g/mol. The molecule has 0 spiro atoms. The quantitative estimate of drug-likeness (QED) is 0.751. The van der Waals surface area contributed by atoms with Gasteiger partial charge in [0.2, 0.25) is 5.78 Å². The lowest BCUT2D eigenvalue weighted by atomic mass is 10.1. The van der Waals surface area contributed by atoms with Crippen molar-refractivity contribution < 1.29 is 9.59 Å². The Morgan fingerprint density at radius 3 is 2.64 bits per heavy atom. The molecule has 22 heavy (non-hydrogen) atoms. The second kappa shape index (κ2) is 7.51. The largest absolute Gasteiger partial charge is 0.345 e. The van der Waals surface area contributed by atoms with Gasteiger partial charge in [-0.25, -0.2) is 4.68 Å². The predicted octanol–water partition coefficient (Wildman–Crippen LogP) is 1.18. The van der Waals surface area contributed by atoms with Crippen LogP contribution in [-0.4, -0.2) is 27.5 Å². The molecule has 0 aliphatic carbocycles. The van der Waals surface area contributed by atoms with Crippen molar-refractivity contribution in [3.05, 3.63) is 48.3 Å². The summed E-state index contributed by atoms with van der Waals surface area (Å²) in [7, 11) is 0. The van der Waals surface area contributed by atoms with Gasteiger partial charge in [0.25, 0.3) is 5.91 Å². The van der Waals surface area contributed by atoms with Gasteiger partial charge < -0.3 is 11.1 Å². The number of carbonyl (C=O) groups is 2. The van der Waals surface area contributed by atoms with Crippen molar-refractivity contribution in [2.24, 2.45) is 5.73 Å². The minimum absolute atomic E-state index is 0.294. The molecular formula is C16H20N4O2. The van der Waals surface area contributed by atoms with Crippen molar-refractivity contribution in [3.63, 3.8) is 0 Å². The third kappa shape index (κ3) is 4.02. The van der Waals surface area contributed by atoms with Gasteiger partial charge in [0.1, 0.15) is 0 Å². The first kappa shape index (κ1) is 15.9. The van der Waals surface area contributed by atoms with Crippen molar-refractivity contribution in [2.45, 2.75) is 32.4 Å². The molecule has 0 saturated heterocycles. The average molecular weight is 300 g/mol. The van der Waals surface area contributed by atoms with Gasteiger partial charge in [-0.15, -0.1) is 0 Å². The van der Waals surface area contributed by atoms with Crippen molar-refractivity contribution in [3.8, 4) is 5.69 Å². The number of amides is 1. The third-order valence-corrected chi connectivity index (χ3v) is 3.32. The molecule has 0 aliphatic heterocycles. The summed E-state index contributed by atoms with van der Waals surface area (Å²) in [5.41, 5.74) is 7.49. The van der Waals surface area contributed by atoms with E-state index in [9.17, 15) is 9.59 Å². The normalized spacial score (nSPS) is 11.9. The number of aromatic nitrogens is 2. The van der Waals surface area contributed by atoms with E-state index in [-0.39, 0.29) is 0 Å². The summed E-state index contributed by atoms with van der Waals surface area (Å²) in [6, 6.07) is 8.70. The number of nitrogens with zero attached hydrogens (tertiary/aromatic N) is 2. The zero-order valence-corrected chi connectivity index (χ0v) is 12.5. The number of ketones is 1. The fourth-order valence-electron chi connectivity index (χ4n) is 2.07. The molecule has 116 valence electrons. The maximum absolute atomic E-state index is 11.7. The molecule has 0 saturated carbocycles. The van der Waals surface area contributed by atoms with Crippen LogP contribution >= 0.6 is 0 Å². The van der Waals surface area contributed by atoms with Gasteiger partial charge in [0.05, 0.1) is 11.7 Å². The van der Waals surface area contributed by atoms with Crippen LogP contribution in [0.2, 0.25) is 0 Å². The average Bonchev–Trinajstić information content (AvgIpc) is 3.07. The minimum Gasteiger partial charge on any atom is -0.345 e. The van der Waals surface area contributed by atoms with Gasteiger partial charge in [-0.1, -0.05) is 25.5 Å². The highest BCUT2D eigenvalue weighted by atomic mass is 16.2. The second-order valence-electron chi connectivity index (χ2n) is 5.06. The first-order valence-electron chi connectivity index (χ1n) is 7.28. The van der Waals surface area contributed by atoms with E-state index in [1.807, 2.05) is 43.5 Å². The summed E-state index contributed by atoms with van der Waals surface area (Å²) in [6.07, 6.45) is 4.85. The van der Waals surface area contributed by atoms with Crippen molar-refractivity contribution >= 4 is 11.7 Å². The summed E-state index contributed by atoms with van der Waals surface area (Å²) in [6.45, 7) is 2.22. The fraction of sp³-hybridized carbons (Fsp3) is 0.312. The smallest absolute Gasteiger partial charge is 0.289 e. The first-order valence-corrected chi connectivity index (χ1v) is 7.28. The Morgan fingerprint density at radius 1 is 1.32 bits per heavy atom. The van der Waals surface area contributed by atoms with Gasteiger partial charge in [0, 0.05) is 18.9 Å². The number of hydrogen-bond acceptors (Lipinski definition) is 4. The molecule has 1 atom stereocenters. The van der Waals surface area contributed by atoms with E-state index in [1.165, 1.54) is 0 Å². The Kier molecular flexibility index (Phi) is 5.43. The van der Waals surface area contributed by atoms with E-state index >= 15 is 0 Å². The third-order valence-electron chi connectivity index (χ3n) is 3.32. The number of benzene rings is 1. The van der Waals surface area contributed by atoms with Crippen LogP contribution in [0.25, 0.3) is 5.69 Å². The summed E-state index contributed by atoms with van der Waals surface area (Å²) in [5.74, 6) is -1.19. The number of nitrogens with one attached hydrogen (secondary N) is 1. The molecule has 1 heterocycles. The Hall–Kier alpha value is -2.47. The Labute approximate surface area is 129 Å². The molecule has 1 aromatic heterocycles. The molecule has 1 aromatic carbocycles. The highest BCUT2D eigenvalue weighted by molar-refractivity contribution is 6.38. The number of rotatable bonds is 7. The standard InChI is InChI=1S/C16H20N4O2/c1-2-4-14(17)15(21)16(22)18-11-12-5-7-13(8-6-12)20-10-3-9-19-20/h3,5-10,14H,2,4,11,17H2,1H3,(H,18,22). The van der Waals surface area contributed by atoms with Gasteiger partial charge in [0.15, 0.2) is 0 Å². The lowest BCUT2D eigenvalue weighted by molar-refractivity contribution is -0.138. The topological polar surface area (TPSA) is 90.0 Å². The molecule has 0 aliphatic rings. The molecular weight excluding hydrogens is 280 g/mol. The van der Waals surface area contributed by atoms with Gasteiger partial charge in [-0.05, 0) is 30.2 Å². The molecule has 6 heteroatoms. The summed E-state index contributed by atoms with van der Waals surface area (Å²) in [5, 5.41) is 6.74. The predicted molar refractivity (Wildman–Crippen MR) is 83.3 cm³/mol. The highest BCUT2D eigenvalue weighted by Gasteiger charge is 2.20. The summed E-state index contributed by atoms with van der Waals surface area (Å²) < 4.78 is 1.75. The second-order valence-corrected chi connectivity index (χ2v) is 5.06. The number of Topliss-reactive ketones (excluding diaryl/α,β-unsaturated/α-hetero) is 1. The zero-order valence-electron chi connectivity index (χ0n) is 12.5. The van der Waals surface area contributed by atoms with Crippen molar-refractivity contribution in [1.82, 2.24) is 15.1 Å². The fourth-order valence-corrected chi connectivity index (χ4v) is 2.07. The number of carbonyl (C=O) groups excluding carboxylic acids is 2. The van der Waals surface area contributed by atoms with Crippen LogP contribution in [-0.2, 0) is 16.1 Å². The maximum atomic E-state index is 11.7. The van der Waals surface area contributed by atoms with Crippen molar-refractivity contribution in [2.75, 3.05) is 0 Å². The zero-order chi connectivity index (χ0) is 15.9. The number of hydrogen-bond donors (Lipinski definition) is 2. The summed E-state index contributed by atoms with van der Waals surface area (Å²) >= 11 is 0. The van der Waals surface area contributed by atoms with Crippen LogP contribution in [0.4, 0.5) is 0 Å². The molecule has 2 rings (SSSR count). The maximum Gasteiger partial charge on any atom is 0.289 e. The molecule has 0 radical (unpaired) electrons. The molecule has 1 unspecified atom stereocenters. The van der Waals surface area contributed by atoms with Crippen LogP contribution in [0, 0.1) is 0 Å². The van der Waals surface area contributed by atoms with E-state index in [0.717, 1.165) is 17.7 Å². The lowest BCUT2D eigenvalue weighted by Gasteiger charge is -2.10. The van der Waals surface area contributed by atoms with Crippen LogP contribution in [0.3, 0.4) is 0 Å². The van der Waals surface area contributed by atoms with Gasteiger partial charge in [-0.3, -0.25) is 9.59 Å². The molecule has 0 fully saturated rings. The van der Waals surface area contributed by atoms with E-state index in [0.29, 0.717) is 13.0 Å². The molecule has 1 amide bonds. The molecule has 3 N–H and O–H groups in total. The van der Waals surface area contributed by atoms with Gasteiger partial charge >= 0.3 is 0 Å². The first-order chi connectivity index (χ1) is 10.6. The SMILES string of the molecule is CCCC(N)C(=O)C(=O)NCc1ccc(-n2cccn2)cc1. The number of nitrogens with two attached hydrogens (primary N) is 1. The lowest BCUT2D eigenvalue weighted by Crippen LogP contribution is -2.42. The Bertz CT molecular complexity index is 620. The van der Waals surface area contributed by atoms with Crippen LogP contribution < -0.4 is 11.1 Å². The van der Waals surface area contributed by atoms with Crippen LogP contribution in [0.5, 0.6) is 0 Å².